The number of likely N-dealkylation sites (tertiary alicyclic amines) is 1. The van der Waals surface area contributed by atoms with E-state index in [0.717, 1.165) is 112 Å². The number of carbonyl (C=O) groups is 4. The average Bonchev–Trinajstić information content (AvgIpc) is 4.17. The maximum absolute atomic E-state index is 13.6. The van der Waals surface area contributed by atoms with Gasteiger partial charge in [0.05, 0.1) is 69.6 Å². The third-order valence-electron chi connectivity index (χ3n) is 16.4. The molecule has 1 aromatic heterocycles. The summed E-state index contributed by atoms with van der Waals surface area (Å²) >= 11 is 0. The van der Waals surface area contributed by atoms with Gasteiger partial charge in [-0.15, -0.1) is 18.3 Å². The highest BCUT2D eigenvalue weighted by molar-refractivity contribution is 5.77. The number of nitrogens with one attached hydrogen (secondary N) is 3. The fourth-order valence-corrected chi connectivity index (χ4v) is 11.4. The summed E-state index contributed by atoms with van der Waals surface area (Å²) in [4.78, 5) is 51.2. The highest BCUT2D eigenvalue weighted by Crippen LogP contribution is 2.48. The SMILES string of the molecule is C[C@H](C(=O)O)[C@H](c1ccc2c(c1)O[C@@H](C1CCN(Cc3cc(-n4cc(CCCCCCCCCCCCCCC(=O)NCC[N+](C)(CCC(=O)NCCN)CCC(=O)NCCN)nn4)ccc3OC(F)(F)F)CC1)CC2)C1CC1. The van der Waals surface area contributed by atoms with Crippen LogP contribution in [-0.2, 0) is 38.6 Å². The number of carbonyl (C=O) groups excluding carboxylic acids is 3. The number of nitrogens with two attached hydrogens (primary N) is 2. The molecule has 1 aliphatic carbocycles. The lowest BCUT2D eigenvalue weighted by Gasteiger charge is -2.38. The summed E-state index contributed by atoms with van der Waals surface area (Å²) < 4.78 is 54.1. The van der Waals surface area contributed by atoms with Crippen molar-refractivity contribution in [1.29, 1.82) is 0 Å². The van der Waals surface area contributed by atoms with E-state index in [0.29, 0.717) is 119 Å². The molecular formula is C59H92F3N10O7+. The van der Waals surface area contributed by atoms with Crippen molar-refractivity contribution in [3.63, 3.8) is 0 Å². The number of aryl methyl sites for hydroxylation is 2. The second-order valence-corrected chi connectivity index (χ2v) is 22.8. The van der Waals surface area contributed by atoms with Crippen LogP contribution in [-0.4, -0.2) is 138 Å². The number of amides is 3. The number of carboxylic acids is 1. The van der Waals surface area contributed by atoms with Crippen LogP contribution in [0.3, 0.4) is 0 Å². The quantitative estimate of drug-likeness (QED) is 0.0238. The molecule has 3 atom stereocenters. The zero-order valence-corrected chi connectivity index (χ0v) is 47.2. The van der Waals surface area contributed by atoms with E-state index >= 15 is 0 Å². The maximum Gasteiger partial charge on any atom is 0.573 e. The molecule has 0 bridgehead atoms. The summed E-state index contributed by atoms with van der Waals surface area (Å²) in [6.07, 6.45) is 17.9. The first-order valence-electron chi connectivity index (χ1n) is 29.6. The van der Waals surface area contributed by atoms with Crippen LogP contribution in [0.1, 0.15) is 164 Å². The third-order valence-corrected chi connectivity index (χ3v) is 16.4. The minimum absolute atomic E-state index is 0.0286. The Morgan fingerprint density at radius 1 is 0.772 bits per heavy atom. The molecule has 2 aliphatic heterocycles. The normalized spacial score (nSPS) is 16.9. The van der Waals surface area contributed by atoms with E-state index in [-0.39, 0.29) is 35.5 Å². The minimum Gasteiger partial charge on any atom is -0.490 e. The highest BCUT2D eigenvalue weighted by Gasteiger charge is 2.40. The van der Waals surface area contributed by atoms with Crippen molar-refractivity contribution in [3.05, 3.63) is 65.0 Å². The molecule has 3 aliphatic rings. The van der Waals surface area contributed by atoms with Gasteiger partial charge >= 0.3 is 12.3 Å². The number of quaternary nitrogens is 1. The fraction of sp³-hybridized carbons (Fsp3) is 0.695. The van der Waals surface area contributed by atoms with Gasteiger partial charge in [-0.1, -0.05) is 88.5 Å². The minimum atomic E-state index is -4.83. The number of piperidine rings is 1. The van der Waals surface area contributed by atoms with Gasteiger partial charge in [-0.25, -0.2) is 4.68 Å². The lowest BCUT2D eigenvalue weighted by atomic mass is 9.81. The van der Waals surface area contributed by atoms with E-state index in [9.17, 15) is 37.5 Å². The van der Waals surface area contributed by atoms with Crippen LogP contribution in [0.25, 0.3) is 5.69 Å². The predicted octanol–water partition coefficient (Wildman–Crippen LogP) is 8.09. The number of rotatable bonds is 37. The Labute approximate surface area is 466 Å². The number of ether oxygens (including phenoxy) is 2. The lowest BCUT2D eigenvalue weighted by Crippen LogP contribution is -2.52. The average molecular weight is 1110 g/mol. The molecule has 8 N–H and O–H groups in total. The van der Waals surface area contributed by atoms with Crippen LogP contribution >= 0.6 is 0 Å². The van der Waals surface area contributed by atoms with E-state index in [1.807, 2.05) is 13.2 Å². The Balaban J connectivity index is 0.825. The number of nitrogens with zero attached hydrogens (tertiary/aromatic N) is 5. The highest BCUT2D eigenvalue weighted by atomic mass is 19.4. The lowest BCUT2D eigenvalue weighted by molar-refractivity contribution is -0.907. The topological polar surface area (TPSA) is 229 Å². The van der Waals surface area contributed by atoms with Gasteiger partial charge in [0.25, 0.3) is 0 Å². The van der Waals surface area contributed by atoms with Gasteiger partial charge in [0.1, 0.15) is 17.6 Å². The second-order valence-electron chi connectivity index (χ2n) is 22.8. The Bertz CT molecular complexity index is 2330. The summed E-state index contributed by atoms with van der Waals surface area (Å²) in [6.45, 7) is 7.30. The first kappa shape index (κ1) is 62.9. The van der Waals surface area contributed by atoms with Crippen molar-refractivity contribution in [2.24, 2.45) is 29.2 Å². The first-order chi connectivity index (χ1) is 38.0. The zero-order valence-electron chi connectivity index (χ0n) is 47.2. The second kappa shape index (κ2) is 32.2. The van der Waals surface area contributed by atoms with Crippen LogP contribution in [0.5, 0.6) is 11.5 Å². The molecule has 6 rings (SSSR count). The number of hydrogen-bond acceptors (Lipinski definition) is 11. The molecule has 2 fully saturated rings. The number of aliphatic carboxylic acids is 1. The van der Waals surface area contributed by atoms with Gasteiger partial charge in [-0.05, 0) is 124 Å². The molecule has 3 aromatic rings. The standard InChI is InChI=1S/C59H91F3N10O7/c1-43(58(76)77)57(46-18-19-46)47-20-17-44-21-23-51(78-53(44)40-47)45-25-34-70(35-26-45)41-48-39-50(22-24-52(48)79-59(60,61)62)71-42-49(68-69-71)15-13-11-9-7-5-3-4-6-8-10-12-14-16-54(73)67-33-38-72(2,36-27-55(74)65-31-29-63)37-28-56(75)66-32-30-64/h17,20,22,24,39-40,42-43,45-46,51,57H,3-16,18-19,21,23,25-38,41,63-64H2,1-2H3,(H3-,65,66,67,73,74,75,76,77)/p+1/t43-,51+,57-/m0/s1. The van der Waals surface area contributed by atoms with E-state index in [1.165, 1.54) is 38.2 Å². The van der Waals surface area contributed by atoms with Crippen molar-refractivity contribution >= 4 is 23.7 Å². The first-order valence-corrected chi connectivity index (χ1v) is 29.6. The molecule has 3 amide bonds. The molecule has 1 saturated carbocycles. The van der Waals surface area contributed by atoms with Crippen LogP contribution in [0.2, 0.25) is 0 Å². The molecule has 17 nitrogen and oxygen atoms in total. The monoisotopic (exact) mass is 1110 g/mol. The number of aromatic nitrogens is 3. The predicted molar refractivity (Wildman–Crippen MR) is 298 cm³/mol. The van der Waals surface area contributed by atoms with Gasteiger partial charge in [-0.2, -0.15) is 0 Å². The van der Waals surface area contributed by atoms with Crippen molar-refractivity contribution in [1.82, 2.24) is 35.8 Å². The molecule has 440 valence electrons. The summed E-state index contributed by atoms with van der Waals surface area (Å²) in [6, 6.07) is 11.0. The largest absolute Gasteiger partial charge is 0.573 e. The van der Waals surface area contributed by atoms with Crippen molar-refractivity contribution in [2.75, 3.05) is 72.5 Å². The molecule has 0 unspecified atom stereocenters. The molecule has 0 radical (unpaired) electrons. The Hall–Kier alpha value is -5.31. The third kappa shape index (κ3) is 21.9. The summed E-state index contributed by atoms with van der Waals surface area (Å²) in [5, 5.41) is 27.2. The number of fused-ring (bicyclic) bond motifs is 1. The van der Waals surface area contributed by atoms with Crippen molar-refractivity contribution in [3.8, 4) is 17.2 Å². The van der Waals surface area contributed by atoms with Crippen LogP contribution in [0.4, 0.5) is 13.2 Å². The van der Waals surface area contributed by atoms with Gasteiger partial charge < -0.3 is 46.5 Å². The maximum atomic E-state index is 13.6. The Morgan fingerprint density at radius 3 is 1.96 bits per heavy atom. The molecule has 20 heteroatoms. The van der Waals surface area contributed by atoms with E-state index in [1.54, 1.807) is 23.7 Å². The summed E-state index contributed by atoms with van der Waals surface area (Å²) in [5.41, 5.74) is 15.1. The number of unbranched alkanes of at least 4 members (excludes halogenated alkanes) is 11. The van der Waals surface area contributed by atoms with E-state index in [2.05, 4.69) is 54.1 Å². The smallest absolute Gasteiger partial charge is 0.490 e. The number of carboxylic acid groups (broad SMARTS) is 1. The number of hydrogen-bond donors (Lipinski definition) is 6. The van der Waals surface area contributed by atoms with Gasteiger partial charge in [0.15, 0.2) is 0 Å². The molecule has 3 heterocycles. The van der Waals surface area contributed by atoms with Gasteiger partial charge in [0, 0.05) is 44.7 Å². The van der Waals surface area contributed by atoms with E-state index < -0.39 is 18.2 Å². The molecule has 2 aromatic carbocycles. The molecular weight excluding hydrogens is 1020 g/mol. The summed E-state index contributed by atoms with van der Waals surface area (Å²) in [7, 11) is 2.01. The Morgan fingerprint density at radius 2 is 1.37 bits per heavy atom. The Kier molecular flexibility index (Phi) is 25.6. The number of likely N-dealkylation sites (N-methyl/N-ethyl adjacent to an activating group) is 1. The number of alkyl halides is 3. The number of halogens is 3. The van der Waals surface area contributed by atoms with Crippen LogP contribution < -0.4 is 36.9 Å². The molecule has 1 saturated heterocycles. The van der Waals surface area contributed by atoms with Gasteiger partial charge in [0.2, 0.25) is 17.7 Å². The van der Waals surface area contributed by atoms with Crippen LogP contribution in [0, 0.1) is 17.8 Å². The van der Waals surface area contributed by atoms with Crippen molar-refractivity contribution in [2.45, 2.75) is 173 Å². The fourth-order valence-electron chi connectivity index (χ4n) is 11.4. The van der Waals surface area contributed by atoms with Crippen LogP contribution in [0.15, 0.2) is 42.6 Å². The number of benzene rings is 2. The molecule has 79 heavy (non-hydrogen) atoms. The zero-order chi connectivity index (χ0) is 56.6. The van der Waals surface area contributed by atoms with Gasteiger partial charge in [-0.3, -0.25) is 24.1 Å². The van der Waals surface area contributed by atoms with E-state index in [4.69, 9.17) is 16.2 Å². The molecule has 0 spiro atoms. The van der Waals surface area contributed by atoms with Crippen molar-refractivity contribution < 1.29 is 51.4 Å². The summed E-state index contributed by atoms with van der Waals surface area (Å²) in [5.74, 6) is -0.0551.